The summed E-state index contributed by atoms with van der Waals surface area (Å²) in [6.45, 7) is 9.93. The van der Waals surface area contributed by atoms with Crippen molar-refractivity contribution in [2.24, 2.45) is 0 Å². The van der Waals surface area contributed by atoms with Crippen molar-refractivity contribution in [1.29, 1.82) is 0 Å². The van der Waals surface area contributed by atoms with Gasteiger partial charge in [-0.1, -0.05) is 33.3 Å². The molecule has 0 bridgehead atoms. The minimum absolute atomic E-state index is 0.265. The average Bonchev–Trinajstić information content (AvgIpc) is 2.19. The van der Waals surface area contributed by atoms with Crippen LogP contribution in [0.1, 0.15) is 40.5 Å². The standard InChI is InChI=1S/C12H23NO2/c1-5-8-11(13(6-2)7-3)9-10(4)12(14)15/h9,11H,5-8H2,1-4H3,(H,14,15). The van der Waals surface area contributed by atoms with Gasteiger partial charge < -0.3 is 5.11 Å². The zero-order valence-corrected chi connectivity index (χ0v) is 10.3. The highest BCUT2D eigenvalue weighted by Crippen LogP contribution is 2.11. The van der Waals surface area contributed by atoms with E-state index in [0.29, 0.717) is 5.57 Å². The van der Waals surface area contributed by atoms with Crippen molar-refractivity contribution in [2.75, 3.05) is 13.1 Å². The Morgan fingerprint density at radius 2 is 1.87 bits per heavy atom. The van der Waals surface area contributed by atoms with Gasteiger partial charge in [0.25, 0.3) is 0 Å². The smallest absolute Gasteiger partial charge is 0.331 e. The third kappa shape index (κ3) is 4.98. The number of carboxylic acids is 1. The maximum atomic E-state index is 10.8. The molecule has 88 valence electrons. The lowest BCUT2D eigenvalue weighted by atomic mass is 10.1. The van der Waals surface area contributed by atoms with E-state index >= 15 is 0 Å². The van der Waals surface area contributed by atoms with Crippen molar-refractivity contribution in [3.05, 3.63) is 11.6 Å². The first-order valence-corrected chi connectivity index (χ1v) is 5.72. The molecule has 1 atom stereocenters. The Kier molecular flexibility index (Phi) is 7.05. The molecule has 15 heavy (non-hydrogen) atoms. The van der Waals surface area contributed by atoms with E-state index in [4.69, 9.17) is 5.11 Å². The highest BCUT2D eigenvalue weighted by molar-refractivity contribution is 5.85. The fourth-order valence-electron chi connectivity index (χ4n) is 1.72. The number of carbonyl (C=O) groups is 1. The second kappa shape index (κ2) is 7.46. The summed E-state index contributed by atoms with van der Waals surface area (Å²) in [5, 5.41) is 8.84. The molecule has 0 aromatic carbocycles. The molecule has 1 unspecified atom stereocenters. The lowest BCUT2D eigenvalue weighted by molar-refractivity contribution is -0.132. The summed E-state index contributed by atoms with van der Waals surface area (Å²) in [4.78, 5) is 13.0. The minimum atomic E-state index is -0.816. The van der Waals surface area contributed by atoms with Gasteiger partial charge in [-0.05, 0) is 26.4 Å². The quantitative estimate of drug-likeness (QED) is 0.661. The van der Waals surface area contributed by atoms with Crippen molar-refractivity contribution >= 4 is 5.97 Å². The Morgan fingerprint density at radius 3 is 2.20 bits per heavy atom. The Balaban J connectivity index is 4.64. The minimum Gasteiger partial charge on any atom is -0.478 e. The molecule has 0 aliphatic heterocycles. The van der Waals surface area contributed by atoms with E-state index in [1.807, 2.05) is 6.08 Å². The number of nitrogens with zero attached hydrogens (tertiary/aromatic N) is 1. The summed E-state index contributed by atoms with van der Waals surface area (Å²) in [7, 11) is 0. The molecule has 0 aromatic heterocycles. The van der Waals surface area contributed by atoms with Crippen LogP contribution < -0.4 is 0 Å². The zero-order valence-electron chi connectivity index (χ0n) is 10.3. The molecule has 1 N–H and O–H groups in total. The van der Waals surface area contributed by atoms with Crippen LogP contribution in [0.4, 0.5) is 0 Å². The summed E-state index contributed by atoms with van der Waals surface area (Å²) in [5.74, 6) is -0.816. The van der Waals surface area contributed by atoms with Crippen LogP contribution >= 0.6 is 0 Å². The number of carboxylic acid groups (broad SMARTS) is 1. The second-order valence-corrected chi connectivity index (χ2v) is 3.73. The maximum Gasteiger partial charge on any atom is 0.331 e. The van der Waals surface area contributed by atoms with Gasteiger partial charge in [-0.3, -0.25) is 4.90 Å². The van der Waals surface area contributed by atoms with Gasteiger partial charge >= 0.3 is 5.97 Å². The number of likely N-dealkylation sites (N-methyl/N-ethyl adjacent to an activating group) is 1. The van der Waals surface area contributed by atoms with Gasteiger partial charge in [0.05, 0.1) is 0 Å². The summed E-state index contributed by atoms with van der Waals surface area (Å²) in [6.07, 6.45) is 3.97. The van der Waals surface area contributed by atoms with E-state index in [1.165, 1.54) is 0 Å². The average molecular weight is 213 g/mol. The summed E-state index contributed by atoms with van der Waals surface area (Å²) in [5.41, 5.74) is 0.445. The summed E-state index contributed by atoms with van der Waals surface area (Å²) in [6, 6.07) is 0.265. The number of aliphatic carboxylic acids is 1. The highest BCUT2D eigenvalue weighted by atomic mass is 16.4. The SMILES string of the molecule is CCCC(C=C(C)C(=O)O)N(CC)CC. The van der Waals surface area contributed by atoms with Crippen LogP contribution in [0, 0.1) is 0 Å². The first-order valence-electron chi connectivity index (χ1n) is 5.72. The van der Waals surface area contributed by atoms with Crippen molar-refractivity contribution < 1.29 is 9.90 Å². The van der Waals surface area contributed by atoms with Gasteiger partial charge in [-0.25, -0.2) is 4.79 Å². The molecular weight excluding hydrogens is 190 g/mol. The molecule has 0 radical (unpaired) electrons. The Hall–Kier alpha value is -0.830. The molecule has 0 rings (SSSR count). The maximum absolute atomic E-state index is 10.8. The molecule has 0 saturated heterocycles. The summed E-state index contributed by atoms with van der Waals surface area (Å²) >= 11 is 0. The van der Waals surface area contributed by atoms with Crippen molar-refractivity contribution in [1.82, 2.24) is 4.90 Å². The number of rotatable bonds is 7. The van der Waals surface area contributed by atoms with Gasteiger partial charge in [-0.15, -0.1) is 0 Å². The van der Waals surface area contributed by atoms with Gasteiger partial charge in [0.2, 0.25) is 0 Å². The van der Waals surface area contributed by atoms with Crippen molar-refractivity contribution in [3.63, 3.8) is 0 Å². The lowest BCUT2D eigenvalue weighted by Gasteiger charge is -2.27. The van der Waals surface area contributed by atoms with Gasteiger partial charge in [0.1, 0.15) is 0 Å². The van der Waals surface area contributed by atoms with E-state index in [0.717, 1.165) is 25.9 Å². The van der Waals surface area contributed by atoms with Gasteiger partial charge in [0.15, 0.2) is 0 Å². The molecule has 3 heteroatoms. The van der Waals surface area contributed by atoms with E-state index in [-0.39, 0.29) is 6.04 Å². The van der Waals surface area contributed by atoms with Crippen LogP contribution in [-0.2, 0) is 4.79 Å². The topological polar surface area (TPSA) is 40.5 Å². The monoisotopic (exact) mass is 213 g/mol. The van der Waals surface area contributed by atoms with Gasteiger partial charge in [-0.2, -0.15) is 0 Å². The molecule has 0 spiro atoms. The molecule has 0 amide bonds. The van der Waals surface area contributed by atoms with Crippen molar-refractivity contribution in [3.8, 4) is 0 Å². The normalized spacial score (nSPS) is 14.3. The van der Waals surface area contributed by atoms with E-state index in [9.17, 15) is 4.79 Å². The fourth-order valence-corrected chi connectivity index (χ4v) is 1.72. The third-order valence-electron chi connectivity index (χ3n) is 2.65. The summed E-state index contributed by atoms with van der Waals surface area (Å²) < 4.78 is 0. The Morgan fingerprint density at radius 1 is 1.33 bits per heavy atom. The molecule has 0 saturated carbocycles. The fraction of sp³-hybridized carbons (Fsp3) is 0.750. The predicted octanol–water partition coefficient (Wildman–Crippen LogP) is 2.53. The van der Waals surface area contributed by atoms with Crippen LogP contribution in [0.15, 0.2) is 11.6 Å². The second-order valence-electron chi connectivity index (χ2n) is 3.73. The molecule has 3 nitrogen and oxygen atoms in total. The van der Waals surface area contributed by atoms with Crippen LogP contribution in [0.5, 0.6) is 0 Å². The highest BCUT2D eigenvalue weighted by Gasteiger charge is 2.13. The molecular formula is C12H23NO2. The van der Waals surface area contributed by atoms with E-state index in [1.54, 1.807) is 6.92 Å². The first-order chi connectivity index (χ1) is 7.06. The van der Waals surface area contributed by atoms with Crippen LogP contribution in [-0.4, -0.2) is 35.1 Å². The number of hydrogen-bond acceptors (Lipinski definition) is 2. The first kappa shape index (κ1) is 14.2. The van der Waals surface area contributed by atoms with E-state index < -0.39 is 5.97 Å². The van der Waals surface area contributed by atoms with E-state index in [2.05, 4.69) is 25.7 Å². The molecule has 0 aliphatic rings. The molecule has 0 aliphatic carbocycles. The molecule has 0 fully saturated rings. The molecule has 0 heterocycles. The van der Waals surface area contributed by atoms with Crippen LogP contribution in [0.2, 0.25) is 0 Å². The largest absolute Gasteiger partial charge is 0.478 e. The Labute approximate surface area is 92.8 Å². The zero-order chi connectivity index (χ0) is 11.8. The predicted molar refractivity (Wildman–Crippen MR) is 63.0 cm³/mol. The Bertz CT molecular complexity index is 220. The van der Waals surface area contributed by atoms with Crippen LogP contribution in [0.25, 0.3) is 0 Å². The van der Waals surface area contributed by atoms with Crippen LogP contribution in [0.3, 0.4) is 0 Å². The molecule has 0 aromatic rings. The van der Waals surface area contributed by atoms with Crippen molar-refractivity contribution in [2.45, 2.75) is 46.6 Å². The third-order valence-corrected chi connectivity index (χ3v) is 2.65. The van der Waals surface area contributed by atoms with Gasteiger partial charge in [0, 0.05) is 11.6 Å². The lowest BCUT2D eigenvalue weighted by Crippen LogP contribution is -2.34. The number of hydrogen-bond donors (Lipinski definition) is 1.